The Bertz CT molecular complexity index is 1030. The highest BCUT2D eigenvalue weighted by Crippen LogP contribution is 2.29. The van der Waals surface area contributed by atoms with E-state index in [9.17, 15) is 0 Å². The molecule has 25 heavy (non-hydrogen) atoms. The molecule has 1 N–H and O–H groups in total. The van der Waals surface area contributed by atoms with Crippen LogP contribution in [0.1, 0.15) is 5.56 Å². The number of hydrogen-bond acceptors (Lipinski definition) is 5. The molecule has 6 heteroatoms. The van der Waals surface area contributed by atoms with Crippen LogP contribution in [0.4, 0.5) is 10.8 Å². The van der Waals surface area contributed by atoms with Gasteiger partial charge in [-0.2, -0.15) is 0 Å². The van der Waals surface area contributed by atoms with E-state index >= 15 is 0 Å². The maximum Gasteiger partial charge on any atom is 0.187 e. The van der Waals surface area contributed by atoms with E-state index in [4.69, 9.17) is 9.72 Å². The van der Waals surface area contributed by atoms with Crippen LogP contribution in [0.5, 0.6) is 5.75 Å². The molecule has 0 aliphatic carbocycles. The summed E-state index contributed by atoms with van der Waals surface area (Å²) in [7, 11) is 3.68. The van der Waals surface area contributed by atoms with Gasteiger partial charge in [0, 0.05) is 18.1 Å². The summed E-state index contributed by atoms with van der Waals surface area (Å²) < 4.78 is 7.26. The highest BCUT2D eigenvalue weighted by Gasteiger charge is 2.13. The van der Waals surface area contributed by atoms with Crippen LogP contribution in [-0.2, 0) is 7.05 Å². The second-order valence-electron chi connectivity index (χ2n) is 5.88. The van der Waals surface area contributed by atoms with Crippen LogP contribution in [0.15, 0.2) is 47.8 Å². The maximum atomic E-state index is 5.18. The number of fused-ring (bicyclic) bond motifs is 1. The Balaban J connectivity index is 1.63. The van der Waals surface area contributed by atoms with Crippen LogP contribution in [-0.4, -0.2) is 21.6 Å². The first-order valence-corrected chi connectivity index (χ1v) is 8.82. The lowest BCUT2D eigenvalue weighted by Gasteiger charge is -2.04. The Morgan fingerprint density at radius 3 is 2.64 bits per heavy atom. The summed E-state index contributed by atoms with van der Waals surface area (Å²) in [5.74, 6) is 1.71. The summed E-state index contributed by atoms with van der Waals surface area (Å²) in [5, 5.41) is 6.19. The number of hydrogen-bond donors (Lipinski definition) is 1. The summed E-state index contributed by atoms with van der Waals surface area (Å²) in [5.41, 5.74) is 5.16. The van der Waals surface area contributed by atoms with E-state index in [2.05, 4.69) is 40.0 Å². The zero-order valence-corrected chi connectivity index (χ0v) is 15.1. The van der Waals surface area contributed by atoms with Crippen LogP contribution in [0, 0.1) is 6.92 Å². The van der Waals surface area contributed by atoms with Gasteiger partial charge in [0.05, 0.1) is 18.1 Å². The minimum atomic E-state index is 0.834. The van der Waals surface area contributed by atoms with Gasteiger partial charge >= 0.3 is 0 Å². The van der Waals surface area contributed by atoms with E-state index in [1.807, 2.05) is 36.7 Å². The van der Waals surface area contributed by atoms with Crippen molar-refractivity contribution in [2.75, 3.05) is 12.4 Å². The number of nitrogens with one attached hydrogen (secondary N) is 1. The van der Waals surface area contributed by atoms with Crippen LogP contribution in [0.2, 0.25) is 0 Å². The number of aromatic nitrogens is 3. The third-order valence-electron chi connectivity index (χ3n) is 4.11. The number of rotatable bonds is 4. The third-order valence-corrected chi connectivity index (χ3v) is 4.87. The molecule has 0 aliphatic rings. The summed E-state index contributed by atoms with van der Waals surface area (Å²) in [4.78, 5) is 9.44. The molecule has 0 aliphatic heterocycles. The smallest absolute Gasteiger partial charge is 0.187 e. The van der Waals surface area contributed by atoms with Gasteiger partial charge in [0.2, 0.25) is 0 Å². The Morgan fingerprint density at radius 2 is 1.88 bits per heavy atom. The third kappa shape index (κ3) is 2.96. The van der Waals surface area contributed by atoms with Crippen molar-refractivity contribution in [3.63, 3.8) is 0 Å². The lowest BCUT2D eigenvalue weighted by molar-refractivity contribution is 0.415. The topological polar surface area (TPSA) is 52.0 Å². The van der Waals surface area contributed by atoms with Crippen molar-refractivity contribution in [2.24, 2.45) is 7.05 Å². The van der Waals surface area contributed by atoms with Crippen LogP contribution < -0.4 is 10.1 Å². The lowest BCUT2D eigenvalue weighted by atomic mass is 10.2. The molecule has 0 saturated heterocycles. The van der Waals surface area contributed by atoms with Gasteiger partial charge in [-0.25, -0.2) is 9.97 Å². The van der Waals surface area contributed by atoms with E-state index in [-0.39, 0.29) is 0 Å². The predicted molar refractivity (Wildman–Crippen MR) is 103 cm³/mol. The van der Waals surface area contributed by atoms with Gasteiger partial charge in [0.1, 0.15) is 11.4 Å². The second-order valence-corrected chi connectivity index (χ2v) is 6.74. The minimum absolute atomic E-state index is 0.834. The molecule has 2 heterocycles. The molecule has 126 valence electrons. The molecule has 0 radical (unpaired) electrons. The first-order valence-electron chi connectivity index (χ1n) is 7.94. The van der Waals surface area contributed by atoms with E-state index < -0.39 is 0 Å². The largest absolute Gasteiger partial charge is 0.497 e. The zero-order chi connectivity index (χ0) is 17.4. The predicted octanol–water partition coefficient (Wildman–Crippen LogP) is 4.76. The molecule has 0 amide bonds. The van der Waals surface area contributed by atoms with Gasteiger partial charge in [0.15, 0.2) is 11.0 Å². The van der Waals surface area contributed by atoms with Gasteiger partial charge in [0.25, 0.3) is 0 Å². The van der Waals surface area contributed by atoms with Gasteiger partial charge in [-0.3, -0.25) is 0 Å². The normalized spacial score (nSPS) is 11.0. The van der Waals surface area contributed by atoms with Crippen molar-refractivity contribution in [3.8, 4) is 17.3 Å². The lowest BCUT2D eigenvalue weighted by Crippen LogP contribution is -1.94. The Hall–Kier alpha value is -2.86. The van der Waals surface area contributed by atoms with Crippen LogP contribution >= 0.6 is 11.3 Å². The SMILES string of the molecule is COc1ccc(Nc2nc(-c3nc4cc(C)ccc4n3C)cs2)cc1. The molecule has 4 rings (SSSR count). The first kappa shape index (κ1) is 15.7. The quantitative estimate of drug-likeness (QED) is 0.577. The van der Waals surface area contributed by atoms with Crippen LogP contribution in [0.3, 0.4) is 0 Å². The number of aryl methyl sites for hydroxylation is 2. The van der Waals surface area contributed by atoms with E-state index in [1.54, 1.807) is 18.4 Å². The Morgan fingerprint density at radius 1 is 1.08 bits per heavy atom. The number of nitrogens with zero attached hydrogens (tertiary/aromatic N) is 3. The molecule has 0 bridgehead atoms. The number of methoxy groups -OCH3 is 1. The number of anilines is 2. The van der Waals surface area contributed by atoms with Crippen molar-refractivity contribution in [1.29, 1.82) is 0 Å². The molecule has 2 aromatic carbocycles. The Kier molecular flexibility index (Phi) is 3.89. The molecule has 2 aromatic heterocycles. The summed E-state index contributed by atoms with van der Waals surface area (Å²) in [6.07, 6.45) is 0. The minimum Gasteiger partial charge on any atom is -0.497 e. The summed E-state index contributed by atoms with van der Waals surface area (Å²) >= 11 is 1.56. The molecule has 0 saturated carbocycles. The molecule has 5 nitrogen and oxygen atoms in total. The van der Waals surface area contributed by atoms with Crippen molar-refractivity contribution in [1.82, 2.24) is 14.5 Å². The zero-order valence-electron chi connectivity index (χ0n) is 14.3. The fraction of sp³-hybridized carbons (Fsp3) is 0.158. The van der Waals surface area contributed by atoms with E-state index in [1.165, 1.54) is 5.56 Å². The highest BCUT2D eigenvalue weighted by atomic mass is 32.1. The first-order chi connectivity index (χ1) is 12.1. The van der Waals surface area contributed by atoms with Gasteiger partial charge in [-0.05, 0) is 48.9 Å². The fourth-order valence-electron chi connectivity index (χ4n) is 2.77. The van der Waals surface area contributed by atoms with Crippen molar-refractivity contribution in [3.05, 3.63) is 53.4 Å². The standard InChI is InChI=1S/C19H18N4OS/c1-12-4-9-17-15(10-12)21-18(23(17)2)16-11-25-19(22-16)20-13-5-7-14(24-3)8-6-13/h4-11H,1-3H3,(H,20,22). The molecule has 0 atom stereocenters. The molecule has 0 fully saturated rings. The molecular weight excluding hydrogens is 332 g/mol. The molecule has 0 unspecified atom stereocenters. The van der Waals surface area contributed by atoms with E-state index in [0.717, 1.165) is 39.1 Å². The van der Waals surface area contributed by atoms with E-state index in [0.29, 0.717) is 0 Å². The molecular formula is C19H18N4OS. The average molecular weight is 350 g/mol. The summed E-state index contributed by atoms with van der Waals surface area (Å²) in [6, 6.07) is 14.1. The monoisotopic (exact) mass is 350 g/mol. The van der Waals surface area contributed by atoms with Crippen molar-refractivity contribution in [2.45, 2.75) is 6.92 Å². The summed E-state index contributed by atoms with van der Waals surface area (Å²) in [6.45, 7) is 2.08. The molecule has 4 aromatic rings. The average Bonchev–Trinajstić information content (AvgIpc) is 3.20. The Labute approximate surface area is 149 Å². The van der Waals surface area contributed by atoms with Crippen molar-refractivity contribution < 1.29 is 4.74 Å². The van der Waals surface area contributed by atoms with Crippen LogP contribution in [0.25, 0.3) is 22.6 Å². The number of imidazole rings is 1. The highest BCUT2D eigenvalue weighted by molar-refractivity contribution is 7.14. The maximum absolute atomic E-state index is 5.18. The van der Waals surface area contributed by atoms with Gasteiger partial charge in [-0.15, -0.1) is 11.3 Å². The number of thiazole rings is 1. The van der Waals surface area contributed by atoms with Crippen molar-refractivity contribution >= 4 is 33.2 Å². The van der Waals surface area contributed by atoms with Gasteiger partial charge in [-0.1, -0.05) is 6.07 Å². The molecule has 0 spiro atoms. The fourth-order valence-corrected chi connectivity index (χ4v) is 3.48. The van der Waals surface area contributed by atoms with Gasteiger partial charge < -0.3 is 14.6 Å². The number of ether oxygens (including phenoxy) is 1. The number of benzene rings is 2. The second kappa shape index (κ2) is 6.22.